The minimum atomic E-state index is -0.00947. The van der Waals surface area contributed by atoms with Crippen LogP contribution in [-0.4, -0.2) is 18.1 Å². The number of carbonyl (C=O) groups excluding carboxylic acids is 1. The van der Waals surface area contributed by atoms with Crippen molar-refractivity contribution in [3.05, 3.63) is 24.3 Å². The third-order valence-corrected chi connectivity index (χ3v) is 3.58. The molecule has 21 heavy (non-hydrogen) atoms. The SMILES string of the molecule is CC(N)CCC(=O)Nc1ccccc1OC1CCCC1.Cl. The van der Waals surface area contributed by atoms with Crippen molar-refractivity contribution in [1.29, 1.82) is 0 Å². The average molecular weight is 313 g/mol. The Morgan fingerprint density at radius 2 is 2.05 bits per heavy atom. The summed E-state index contributed by atoms with van der Waals surface area (Å²) in [6.45, 7) is 1.91. The molecule has 0 aromatic heterocycles. The average Bonchev–Trinajstić information content (AvgIpc) is 2.92. The molecule has 0 heterocycles. The maximum atomic E-state index is 11.9. The number of hydrogen-bond donors (Lipinski definition) is 2. The summed E-state index contributed by atoms with van der Waals surface area (Å²) in [6, 6.07) is 7.68. The van der Waals surface area contributed by atoms with Crippen LogP contribution < -0.4 is 15.8 Å². The van der Waals surface area contributed by atoms with Crippen molar-refractivity contribution in [2.24, 2.45) is 5.73 Å². The van der Waals surface area contributed by atoms with Gasteiger partial charge < -0.3 is 15.8 Å². The molecule has 0 spiro atoms. The fourth-order valence-electron chi connectivity index (χ4n) is 2.43. The Morgan fingerprint density at radius 3 is 2.71 bits per heavy atom. The Morgan fingerprint density at radius 1 is 1.38 bits per heavy atom. The largest absolute Gasteiger partial charge is 0.488 e. The lowest BCUT2D eigenvalue weighted by Crippen LogP contribution is -2.20. The van der Waals surface area contributed by atoms with Gasteiger partial charge in [0.2, 0.25) is 5.91 Å². The third kappa shape index (κ3) is 5.94. The normalized spacial score (nSPS) is 16.1. The van der Waals surface area contributed by atoms with Crippen molar-refractivity contribution < 1.29 is 9.53 Å². The van der Waals surface area contributed by atoms with Crippen LogP contribution in [0.25, 0.3) is 0 Å². The van der Waals surface area contributed by atoms with Crippen LogP contribution in [0.5, 0.6) is 5.75 Å². The first-order chi connectivity index (χ1) is 9.65. The highest BCUT2D eigenvalue weighted by atomic mass is 35.5. The molecule has 4 nitrogen and oxygen atoms in total. The standard InChI is InChI=1S/C16H24N2O2.ClH/c1-12(17)10-11-16(19)18-14-8-4-5-9-15(14)20-13-6-2-3-7-13;/h4-5,8-9,12-13H,2-3,6-7,10-11,17H2,1H3,(H,18,19);1H. The van der Waals surface area contributed by atoms with Gasteiger partial charge in [-0.3, -0.25) is 4.79 Å². The molecule has 0 aliphatic heterocycles. The fourth-order valence-corrected chi connectivity index (χ4v) is 2.43. The highest BCUT2D eigenvalue weighted by Crippen LogP contribution is 2.29. The van der Waals surface area contributed by atoms with E-state index in [9.17, 15) is 4.79 Å². The lowest BCUT2D eigenvalue weighted by Gasteiger charge is -2.17. The zero-order valence-electron chi connectivity index (χ0n) is 12.5. The summed E-state index contributed by atoms with van der Waals surface area (Å²) in [7, 11) is 0. The summed E-state index contributed by atoms with van der Waals surface area (Å²) >= 11 is 0. The molecule has 0 radical (unpaired) electrons. The molecule has 1 aliphatic carbocycles. The fraction of sp³-hybridized carbons (Fsp3) is 0.562. The van der Waals surface area contributed by atoms with Crippen LogP contribution in [0.1, 0.15) is 45.4 Å². The van der Waals surface area contributed by atoms with Crippen LogP contribution in [-0.2, 0) is 4.79 Å². The first-order valence-electron chi connectivity index (χ1n) is 7.46. The molecule has 0 bridgehead atoms. The molecule has 0 saturated heterocycles. The van der Waals surface area contributed by atoms with Gasteiger partial charge in [-0.2, -0.15) is 0 Å². The second kappa shape index (κ2) is 8.90. The van der Waals surface area contributed by atoms with E-state index in [0.717, 1.165) is 24.3 Å². The first kappa shape index (κ1) is 17.8. The Hall–Kier alpha value is -1.26. The van der Waals surface area contributed by atoms with E-state index in [1.807, 2.05) is 31.2 Å². The van der Waals surface area contributed by atoms with E-state index >= 15 is 0 Å². The Labute approximate surface area is 132 Å². The number of nitrogens with two attached hydrogens (primary N) is 1. The van der Waals surface area contributed by atoms with Gasteiger partial charge in [-0.05, 0) is 51.2 Å². The smallest absolute Gasteiger partial charge is 0.224 e. The molecule has 5 heteroatoms. The lowest BCUT2D eigenvalue weighted by molar-refractivity contribution is -0.116. The van der Waals surface area contributed by atoms with Crippen molar-refractivity contribution >= 4 is 24.0 Å². The molecular formula is C16H25ClN2O2. The molecule has 1 aromatic rings. The van der Waals surface area contributed by atoms with Gasteiger partial charge in [0.1, 0.15) is 5.75 Å². The number of carbonyl (C=O) groups is 1. The second-order valence-corrected chi connectivity index (χ2v) is 5.58. The zero-order chi connectivity index (χ0) is 14.4. The van der Waals surface area contributed by atoms with E-state index in [1.165, 1.54) is 12.8 Å². The molecule has 1 aliphatic rings. The molecule has 1 amide bonds. The Kier molecular flexibility index (Phi) is 7.54. The lowest BCUT2D eigenvalue weighted by atomic mass is 10.2. The van der Waals surface area contributed by atoms with E-state index in [2.05, 4.69) is 5.32 Å². The van der Waals surface area contributed by atoms with Crippen LogP contribution in [0.3, 0.4) is 0 Å². The monoisotopic (exact) mass is 312 g/mol. The topological polar surface area (TPSA) is 64.4 Å². The molecular weight excluding hydrogens is 288 g/mol. The third-order valence-electron chi connectivity index (χ3n) is 3.58. The van der Waals surface area contributed by atoms with Gasteiger partial charge in [0, 0.05) is 12.5 Å². The Bertz CT molecular complexity index is 446. The molecule has 1 aromatic carbocycles. The van der Waals surface area contributed by atoms with Crippen molar-refractivity contribution in [2.45, 2.75) is 57.6 Å². The molecule has 118 valence electrons. The molecule has 1 saturated carbocycles. The van der Waals surface area contributed by atoms with E-state index in [4.69, 9.17) is 10.5 Å². The number of anilines is 1. The number of ether oxygens (including phenoxy) is 1. The number of nitrogens with one attached hydrogen (secondary N) is 1. The molecule has 1 fully saturated rings. The molecule has 1 atom stereocenters. The quantitative estimate of drug-likeness (QED) is 0.845. The van der Waals surface area contributed by atoms with Gasteiger partial charge in [0.15, 0.2) is 0 Å². The van der Waals surface area contributed by atoms with E-state index in [-0.39, 0.29) is 30.5 Å². The summed E-state index contributed by atoms with van der Waals surface area (Å²) in [4.78, 5) is 11.9. The Balaban J connectivity index is 0.00000220. The van der Waals surface area contributed by atoms with Gasteiger partial charge in [0.25, 0.3) is 0 Å². The van der Waals surface area contributed by atoms with Crippen molar-refractivity contribution in [3.63, 3.8) is 0 Å². The summed E-state index contributed by atoms with van der Waals surface area (Å²) in [5, 5.41) is 2.92. The summed E-state index contributed by atoms with van der Waals surface area (Å²) < 4.78 is 5.99. The van der Waals surface area contributed by atoms with Crippen molar-refractivity contribution in [1.82, 2.24) is 0 Å². The highest BCUT2D eigenvalue weighted by molar-refractivity contribution is 5.92. The predicted octanol–water partition coefficient (Wildman–Crippen LogP) is 3.50. The van der Waals surface area contributed by atoms with Crippen molar-refractivity contribution in [2.75, 3.05) is 5.32 Å². The number of benzene rings is 1. The van der Waals surface area contributed by atoms with E-state index in [1.54, 1.807) is 0 Å². The van der Waals surface area contributed by atoms with Crippen LogP contribution >= 0.6 is 12.4 Å². The predicted molar refractivity (Wildman–Crippen MR) is 88.1 cm³/mol. The van der Waals surface area contributed by atoms with Crippen LogP contribution in [0, 0.1) is 0 Å². The van der Waals surface area contributed by atoms with Gasteiger partial charge in [-0.15, -0.1) is 12.4 Å². The van der Waals surface area contributed by atoms with Crippen LogP contribution in [0.2, 0.25) is 0 Å². The van der Waals surface area contributed by atoms with Crippen LogP contribution in [0.4, 0.5) is 5.69 Å². The van der Waals surface area contributed by atoms with Gasteiger partial charge >= 0.3 is 0 Å². The zero-order valence-corrected chi connectivity index (χ0v) is 13.3. The summed E-state index contributed by atoms with van der Waals surface area (Å²) in [5.41, 5.74) is 6.43. The second-order valence-electron chi connectivity index (χ2n) is 5.58. The van der Waals surface area contributed by atoms with Gasteiger partial charge in [-0.25, -0.2) is 0 Å². The summed E-state index contributed by atoms with van der Waals surface area (Å²) in [6.07, 6.45) is 6.09. The maximum absolute atomic E-state index is 11.9. The van der Waals surface area contributed by atoms with Gasteiger partial charge in [-0.1, -0.05) is 12.1 Å². The number of amides is 1. The molecule has 1 unspecified atom stereocenters. The highest BCUT2D eigenvalue weighted by Gasteiger charge is 2.18. The van der Waals surface area contributed by atoms with Crippen molar-refractivity contribution in [3.8, 4) is 5.75 Å². The van der Waals surface area contributed by atoms with Crippen LogP contribution in [0.15, 0.2) is 24.3 Å². The first-order valence-corrected chi connectivity index (χ1v) is 7.46. The number of halogens is 1. The number of rotatable bonds is 6. The van der Waals surface area contributed by atoms with Gasteiger partial charge in [0.05, 0.1) is 11.8 Å². The maximum Gasteiger partial charge on any atom is 0.224 e. The number of hydrogen-bond acceptors (Lipinski definition) is 3. The van der Waals surface area contributed by atoms with E-state index in [0.29, 0.717) is 12.8 Å². The minimum absolute atomic E-state index is 0. The van der Waals surface area contributed by atoms with E-state index < -0.39 is 0 Å². The molecule has 3 N–H and O–H groups in total. The number of para-hydroxylation sites is 2. The molecule has 2 rings (SSSR count). The minimum Gasteiger partial charge on any atom is -0.488 e. The summed E-state index contributed by atoms with van der Waals surface area (Å²) in [5.74, 6) is 0.762.